The Kier molecular flexibility index (Phi) is 18.2. The zero-order valence-corrected chi connectivity index (χ0v) is 18.7. The lowest BCUT2D eigenvalue weighted by Crippen LogP contribution is -2.29. The highest BCUT2D eigenvalue weighted by atomic mass is 32.2. The molecule has 0 aromatic carbocycles. The van der Waals surface area contributed by atoms with Gasteiger partial charge < -0.3 is 4.90 Å². The fourth-order valence-electron chi connectivity index (χ4n) is 3.18. The van der Waals surface area contributed by atoms with E-state index < -0.39 is 10.0 Å². The summed E-state index contributed by atoms with van der Waals surface area (Å²) in [6.07, 6.45) is 18.9. The van der Waals surface area contributed by atoms with Crippen LogP contribution in [-0.4, -0.2) is 46.3 Å². The highest BCUT2D eigenvalue weighted by molar-refractivity contribution is 7.89. The first kappa shape index (κ1) is 25.9. The quantitative estimate of drug-likeness (QED) is 0.285. The van der Waals surface area contributed by atoms with Crippen LogP contribution in [0.4, 0.5) is 0 Å². The maximum absolute atomic E-state index is 11.9. The van der Waals surface area contributed by atoms with Crippen molar-refractivity contribution in [3.8, 4) is 0 Å². The molecule has 5 heteroatoms. The van der Waals surface area contributed by atoms with Crippen molar-refractivity contribution >= 4 is 10.0 Å². The van der Waals surface area contributed by atoms with Crippen LogP contribution in [0.5, 0.6) is 0 Å². The molecule has 0 aromatic rings. The molecule has 0 heterocycles. The molecule has 0 aliphatic carbocycles. The van der Waals surface area contributed by atoms with E-state index in [9.17, 15) is 8.42 Å². The third kappa shape index (κ3) is 20.2. The third-order valence-corrected chi connectivity index (χ3v) is 6.34. The van der Waals surface area contributed by atoms with Crippen molar-refractivity contribution in [3.63, 3.8) is 0 Å². The van der Waals surface area contributed by atoms with Gasteiger partial charge >= 0.3 is 0 Å². The van der Waals surface area contributed by atoms with Gasteiger partial charge in [0.1, 0.15) is 0 Å². The van der Waals surface area contributed by atoms with Crippen LogP contribution in [0.2, 0.25) is 0 Å². The third-order valence-electron chi connectivity index (χ3n) is 4.87. The normalized spacial score (nSPS) is 12.2. The molecule has 0 saturated carbocycles. The SMILES string of the molecule is CCCCCCCCCCCCCCCCS(=O)(=O)NCCCN(C)C. The Labute approximate surface area is 164 Å². The number of nitrogens with one attached hydrogen (secondary N) is 1. The molecule has 0 aliphatic heterocycles. The van der Waals surface area contributed by atoms with Crippen LogP contribution < -0.4 is 4.72 Å². The van der Waals surface area contributed by atoms with Crippen LogP contribution in [0.25, 0.3) is 0 Å². The molecule has 0 bridgehead atoms. The first-order valence-corrected chi connectivity index (χ1v) is 12.7. The minimum absolute atomic E-state index is 0.285. The van der Waals surface area contributed by atoms with Crippen LogP contribution in [0.15, 0.2) is 0 Å². The van der Waals surface area contributed by atoms with E-state index in [1.807, 2.05) is 14.1 Å². The Morgan fingerprint density at radius 3 is 1.50 bits per heavy atom. The lowest BCUT2D eigenvalue weighted by Gasteiger charge is -2.10. The fraction of sp³-hybridized carbons (Fsp3) is 1.00. The van der Waals surface area contributed by atoms with Gasteiger partial charge in [-0.3, -0.25) is 0 Å². The van der Waals surface area contributed by atoms with E-state index in [1.165, 1.54) is 77.0 Å². The molecular weight excluding hydrogens is 344 g/mol. The molecule has 0 amide bonds. The molecule has 158 valence electrons. The van der Waals surface area contributed by atoms with Gasteiger partial charge in [0.2, 0.25) is 10.0 Å². The summed E-state index contributed by atoms with van der Waals surface area (Å²) in [5.74, 6) is 0.285. The van der Waals surface area contributed by atoms with Crippen molar-refractivity contribution < 1.29 is 8.42 Å². The number of rotatable bonds is 20. The lowest BCUT2D eigenvalue weighted by molar-refractivity contribution is 0.400. The molecule has 0 atom stereocenters. The second kappa shape index (κ2) is 18.2. The largest absolute Gasteiger partial charge is 0.309 e. The van der Waals surface area contributed by atoms with E-state index in [-0.39, 0.29) is 5.75 Å². The molecule has 0 rings (SSSR count). The number of hydrogen-bond donors (Lipinski definition) is 1. The Morgan fingerprint density at radius 2 is 1.08 bits per heavy atom. The molecule has 26 heavy (non-hydrogen) atoms. The van der Waals surface area contributed by atoms with Crippen LogP contribution in [0.3, 0.4) is 0 Å². The van der Waals surface area contributed by atoms with Gasteiger partial charge in [0.25, 0.3) is 0 Å². The van der Waals surface area contributed by atoms with Gasteiger partial charge in [-0.2, -0.15) is 0 Å². The molecule has 0 radical (unpaired) electrons. The molecule has 4 nitrogen and oxygen atoms in total. The summed E-state index contributed by atoms with van der Waals surface area (Å²) in [7, 11) is 0.942. The summed E-state index contributed by atoms with van der Waals surface area (Å²) in [4.78, 5) is 2.07. The van der Waals surface area contributed by atoms with Gasteiger partial charge in [0.15, 0.2) is 0 Å². The topological polar surface area (TPSA) is 49.4 Å². The molecule has 1 N–H and O–H groups in total. The highest BCUT2D eigenvalue weighted by Gasteiger charge is 2.08. The zero-order chi connectivity index (χ0) is 19.5. The van der Waals surface area contributed by atoms with Crippen molar-refractivity contribution in [3.05, 3.63) is 0 Å². The first-order chi connectivity index (χ1) is 12.5. The fourth-order valence-corrected chi connectivity index (χ4v) is 4.37. The van der Waals surface area contributed by atoms with Gasteiger partial charge in [0.05, 0.1) is 5.75 Å². The molecule has 0 spiro atoms. The molecule has 0 aliphatic rings. The molecule has 0 unspecified atom stereocenters. The van der Waals surface area contributed by atoms with E-state index >= 15 is 0 Å². The van der Waals surface area contributed by atoms with Crippen molar-refractivity contribution in [2.24, 2.45) is 0 Å². The number of sulfonamides is 1. The van der Waals surface area contributed by atoms with Gasteiger partial charge in [0, 0.05) is 6.54 Å². The summed E-state index contributed by atoms with van der Waals surface area (Å²) in [6, 6.07) is 0. The Balaban J connectivity index is 3.29. The number of hydrogen-bond acceptors (Lipinski definition) is 3. The molecule has 0 aromatic heterocycles. The predicted octanol–water partition coefficient (Wildman–Crippen LogP) is 5.34. The minimum atomic E-state index is -3.06. The van der Waals surface area contributed by atoms with Crippen LogP contribution in [-0.2, 0) is 10.0 Å². The predicted molar refractivity (Wildman–Crippen MR) is 115 cm³/mol. The van der Waals surface area contributed by atoms with Crippen LogP contribution >= 0.6 is 0 Å². The van der Waals surface area contributed by atoms with Gasteiger partial charge in [-0.1, -0.05) is 90.4 Å². The monoisotopic (exact) mass is 390 g/mol. The number of unbranched alkanes of at least 4 members (excludes halogenated alkanes) is 13. The second-order valence-corrected chi connectivity index (χ2v) is 9.89. The van der Waals surface area contributed by atoms with Gasteiger partial charge in [-0.15, -0.1) is 0 Å². The maximum Gasteiger partial charge on any atom is 0.211 e. The minimum Gasteiger partial charge on any atom is -0.309 e. The number of nitrogens with zero attached hydrogens (tertiary/aromatic N) is 1. The average molecular weight is 391 g/mol. The van der Waals surface area contributed by atoms with Crippen molar-refractivity contribution in [2.75, 3.05) is 32.9 Å². The lowest BCUT2D eigenvalue weighted by atomic mass is 10.0. The Morgan fingerprint density at radius 1 is 0.654 bits per heavy atom. The molecule has 0 saturated heterocycles. The van der Waals surface area contributed by atoms with Crippen molar-refractivity contribution in [2.45, 2.75) is 103 Å². The van der Waals surface area contributed by atoms with Crippen molar-refractivity contribution in [1.82, 2.24) is 9.62 Å². The van der Waals surface area contributed by atoms with Gasteiger partial charge in [-0.05, 0) is 33.5 Å². The Bertz CT molecular complexity index is 383. The molecular formula is C21H46N2O2S. The summed E-state index contributed by atoms with van der Waals surface area (Å²) < 4.78 is 26.4. The summed E-state index contributed by atoms with van der Waals surface area (Å²) >= 11 is 0. The molecule has 0 fully saturated rings. The average Bonchev–Trinajstić information content (AvgIpc) is 2.59. The van der Waals surface area contributed by atoms with E-state index in [1.54, 1.807) is 0 Å². The van der Waals surface area contributed by atoms with Gasteiger partial charge in [-0.25, -0.2) is 13.1 Å². The smallest absolute Gasteiger partial charge is 0.211 e. The van der Waals surface area contributed by atoms with E-state index in [2.05, 4.69) is 16.5 Å². The van der Waals surface area contributed by atoms with Crippen LogP contribution in [0.1, 0.15) is 103 Å². The Hall–Kier alpha value is -0.130. The summed E-state index contributed by atoms with van der Waals surface area (Å²) in [5.41, 5.74) is 0. The summed E-state index contributed by atoms with van der Waals surface area (Å²) in [6.45, 7) is 3.74. The second-order valence-electron chi connectivity index (χ2n) is 7.97. The maximum atomic E-state index is 11.9. The highest BCUT2D eigenvalue weighted by Crippen LogP contribution is 2.13. The standard InChI is InChI=1S/C21H46N2O2S/c1-4-5-6-7-8-9-10-11-12-13-14-15-16-17-21-26(24,25)22-19-18-20-23(2)3/h22H,4-21H2,1-3H3. The van der Waals surface area contributed by atoms with Crippen LogP contribution in [0, 0.1) is 0 Å². The van der Waals surface area contributed by atoms with E-state index in [0.717, 1.165) is 25.8 Å². The zero-order valence-electron chi connectivity index (χ0n) is 17.9. The van der Waals surface area contributed by atoms with E-state index in [4.69, 9.17) is 0 Å². The van der Waals surface area contributed by atoms with Crippen molar-refractivity contribution in [1.29, 1.82) is 0 Å². The first-order valence-electron chi connectivity index (χ1n) is 11.1. The summed E-state index contributed by atoms with van der Waals surface area (Å²) in [5, 5.41) is 0. The van der Waals surface area contributed by atoms with E-state index in [0.29, 0.717) is 6.54 Å².